The first kappa shape index (κ1) is 25.8. The quantitative estimate of drug-likeness (QED) is 0.346. The van der Waals surface area contributed by atoms with Crippen LogP contribution in [0.15, 0.2) is 54.6 Å². The summed E-state index contributed by atoms with van der Waals surface area (Å²) in [5.41, 5.74) is 3.00. The third-order valence-electron chi connectivity index (χ3n) is 6.08. The number of hydrogen-bond donors (Lipinski definition) is 3. The van der Waals surface area contributed by atoms with E-state index < -0.39 is 17.9 Å². The van der Waals surface area contributed by atoms with Crippen molar-refractivity contribution in [3.63, 3.8) is 0 Å². The second-order valence-corrected chi connectivity index (χ2v) is 9.61. The zero-order chi connectivity index (χ0) is 25.7. The number of fused-ring (bicyclic) bond motifs is 1. The number of hydrogen-bond acceptors (Lipinski definition) is 5. The molecule has 36 heavy (non-hydrogen) atoms. The molecule has 0 bridgehead atoms. The van der Waals surface area contributed by atoms with E-state index in [0.29, 0.717) is 12.4 Å². The van der Waals surface area contributed by atoms with Crippen LogP contribution < -0.4 is 15.4 Å². The van der Waals surface area contributed by atoms with Gasteiger partial charge in [0.05, 0.1) is 22.2 Å². The fourth-order valence-corrected chi connectivity index (χ4v) is 4.60. The molecule has 2 unspecified atom stereocenters. The fraction of sp³-hybridized carbons (Fsp3) is 0.296. The van der Waals surface area contributed by atoms with Crippen molar-refractivity contribution >= 4 is 40.9 Å². The summed E-state index contributed by atoms with van der Waals surface area (Å²) in [5.74, 6) is -0.0696. The Kier molecular flexibility index (Phi) is 8.33. The molecule has 0 spiro atoms. The van der Waals surface area contributed by atoms with Crippen LogP contribution >= 0.6 is 23.2 Å². The third kappa shape index (κ3) is 6.28. The first-order valence-electron chi connectivity index (χ1n) is 11.7. The van der Waals surface area contributed by atoms with Gasteiger partial charge >= 0.3 is 5.97 Å². The molecule has 0 saturated carbocycles. The highest BCUT2D eigenvalue weighted by atomic mass is 35.5. The van der Waals surface area contributed by atoms with E-state index in [1.807, 2.05) is 0 Å². The number of anilines is 1. The molecule has 0 aliphatic carbocycles. The van der Waals surface area contributed by atoms with Gasteiger partial charge in [-0.1, -0.05) is 54.4 Å². The molecule has 0 radical (unpaired) electrons. The van der Waals surface area contributed by atoms with Gasteiger partial charge in [-0.3, -0.25) is 4.79 Å². The summed E-state index contributed by atoms with van der Waals surface area (Å²) in [6.45, 7) is 3.47. The van der Waals surface area contributed by atoms with Crippen LogP contribution in [0, 0.1) is 0 Å². The van der Waals surface area contributed by atoms with Gasteiger partial charge < -0.3 is 20.5 Å². The summed E-state index contributed by atoms with van der Waals surface area (Å²) in [4.78, 5) is 29.2. The average molecular weight is 528 g/mol. The number of nitrogens with zero attached hydrogens (tertiary/aromatic N) is 1. The van der Waals surface area contributed by atoms with Gasteiger partial charge in [0.2, 0.25) is 0 Å². The second-order valence-electron chi connectivity index (χ2n) is 8.80. The Hall–Kier alpha value is -3.29. The highest BCUT2D eigenvalue weighted by Gasteiger charge is 2.24. The molecule has 1 amide bonds. The maximum Gasteiger partial charge on any atom is 0.326 e. The number of pyridine rings is 1. The summed E-state index contributed by atoms with van der Waals surface area (Å²) < 4.78 is 5.95. The number of halogens is 2. The molecule has 188 valence electrons. The highest BCUT2D eigenvalue weighted by molar-refractivity contribution is 6.39. The number of ether oxygens (including phenoxy) is 1. The van der Waals surface area contributed by atoms with E-state index in [-0.39, 0.29) is 27.9 Å². The molecule has 9 heteroatoms. The summed E-state index contributed by atoms with van der Waals surface area (Å²) >= 11 is 12.1. The number of carbonyl (C=O) groups is 2. The van der Waals surface area contributed by atoms with Crippen LogP contribution in [0.1, 0.15) is 46.4 Å². The van der Waals surface area contributed by atoms with Gasteiger partial charge in [0.15, 0.2) is 0 Å². The van der Waals surface area contributed by atoms with Crippen molar-refractivity contribution in [3.05, 3.63) is 87.0 Å². The maximum absolute atomic E-state index is 12.6. The third-order valence-corrected chi connectivity index (χ3v) is 6.71. The lowest BCUT2D eigenvalue weighted by Gasteiger charge is -2.20. The minimum Gasteiger partial charge on any atom is -0.493 e. The SMILES string of the molecule is CC(COc1ccc(CC(NC(=O)c2c(Cl)cccc2Cl)C(=O)O)cc1)c1ccc2c(n1)NCCC2. The van der Waals surface area contributed by atoms with Crippen LogP contribution in [0.5, 0.6) is 5.75 Å². The molecular weight excluding hydrogens is 501 g/mol. The van der Waals surface area contributed by atoms with Crippen LogP contribution in [0.2, 0.25) is 10.0 Å². The highest BCUT2D eigenvalue weighted by Crippen LogP contribution is 2.25. The standard InChI is InChI=1S/C27H27Cl2N3O4/c1-16(22-12-9-18-4-3-13-30-25(18)31-22)15-36-19-10-7-17(8-11-19)14-23(27(34)35)32-26(33)24-20(28)5-2-6-21(24)29/h2,5-12,16,23H,3-4,13-15H2,1H3,(H,30,31)(H,32,33)(H,34,35). The van der Waals surface area contributed by atoms with E-state index in [4.69, 9.17) is 32.9 Å². The number of amides is 1. The predicted octanol–water partition coefficient (Wildman–Crippen LogP) is 5.35. The number of aliphatic carboxylic acids is 1. The van der Waals surface area contributed by atoms with E-state index in [1.54, 1.807) is 30.3 Å². The lowest BCUT2D eigenvalue weighted by atomic mass is 10.0. The number of carboxylic acid groups (broad SMARTS) is 1. The number of aromatic nitrogens is 1. The zero-order valence-corrected chi connectivity index (χ0v) is 21.3. The van der Waals surface area contributed by atoms with Crippen LogP contribution in [-0.4, -0.2) is 41.2 Å². The molecule has 0 fully saturated rings. The molecule has 1 aromatic heterocycles. The van der Waals surface area contributed by atoms with E-state index >= 15 is 0 Å². The minimum absolute atomic E-state index is 0.0501. The average Bonchev–Trinajstić information content (AvgIpc) is 2.87. The molecule has 1 aliphatic heterocycles. The van der Waals surface area contributed by atoms with Gasteiger partial charge in [0, 0.05) is 24.6 Å². The van der Waals surface area contributed by atoms with Gasteiger partial charge in [-0.05, 0) is 54.3 Å². The van der Waals surface area contributed by atoms with Crippen molar-refractivity contribution < 1.29 is 19.4 Å². The Bertz CT molecular complexity index is 1230. The number of nitrogens with one attached hydrogen (secondary N) is 2. The summed E-state index contributed by atoms with van der Waals surface area (Å²) in [6, 6.07) is 14.8. The van der Waals surface area contributed by atoms with E-state index in [0.717, 1.165) is 36.5 Å². The summed E-state index contributed by atoms with van der Waals surface area (Å²) in [6.07, 6.45) is 2.26. The fourth-order valence-electron chi connectivity index (χ4n) is 4.03. The van der Waals surface area contributed by atoms with E-state index in [2.05, 4.69) is 29.7 Å². The van der Waals surface area contributed by atoms with Crippen molar-refractivity contribution in [3.8, 4) is 5.75 Å². The van der Waals surface area contributed by atoms with Crippen molar-refractivity contribution in [2.24, 2.45) is 0 Å². The van der Waals surface area contributed by atoms with Crippen molar-refractivity contribution in [1.82, 2.24) is 10.3 Å². The number of carboxylic acids is 1. The molecule has 1 aliphatic rings. The molecule has 7 nitrogen and oxygen atoms in total. The summed E-state index contributed by atoms with van der Waals surface area (Å²) in [5, 5.41) is 15.8. The second kappa shape index (κ2) is 11.6. The Morgan fingerprint density at radius 1 is 1.11 bits per heavy atom. The van der Waals surface area contributed by atoms with E-state index in [1.165, 1.54) is 17.7 Å². The first-order chi connectivity index (χ1) is 17.3. The van der Waals surface area contributed by atoms with Crippen LogP contribution in [0.3, 0.4) is 0 Å². The van der Waals surface area contributed by atoms with E-state index in [9.17, 15) is 14.7 Å². The molecule has 2 aromatic carbocycles. The Morgan fingerprint density at radius 2 is 1.83 bits per heavy atom. The number of carbonyl (C=O) groups excluding carboxylic acids is 1. The smallest absolute Gasteiger partial charge is 0.326 e. The van der Waals surface area contributed by atoms with Crippen molar-refractivity contribution in [2.75, 3.05) is 18.5 Å². The van der Waals surface area contributed by atoms with Gasteiger partial charge in [-0.2, -0.15) is 0 Å². The van der Waals surface area contributed by atoms with Crippen LogP contribution in [0.25, 0.3) is 0 Å². The zero-order valence-electron chi connectivity index (χ0n) is 19.8. The lowest BCUT2D eigenvalue weighted by Crippen LogP contribution is -2.42. The Morgan fingerprint density at radius 3 is 2.53 bits per heavy atom. The first-order valence-corrected chi connectivity index (χ1v) is 12.5. The normalized spacial score (nSPS) is 14.2. The van der Waals surface area contributed by atoms with Gasteiger partial charge in [0.1, 0.15) is 17.6 Å². The van der Waals surface area contributed by atoms with Crippen LogP contribution in [-0.2, 0) is 17.6 Å². The maximum atomic E-state index is 12.6. The largest absolute Gasteiger partial charge is 0.493 e. The molecule has 3 aromatic rings. The van der Waals surface area contributed by atoms with Gasteiger partial charge in [0.25, 0.3) is 5.91 Å². The minimum atomic E-state index is -1.16. The van der Waals surface area contributed by atoms with Gasteiger partial charge in [-0.15, -0.1) is 0 Å². The Balaban J connectivity index is 1.34. The van der Waals surface area contributed by atoms with Crippen molar-refractivity contribution in [2.45, 2.75) is 38.1 Å². The monoisotopic (exact) mass is 527 g/mol. The van der Waals surface area contributed by atoms with Gasteiger partial charge in [-0.25, -0.2) is 9.78 Å². The van der Waals surface area contributed by atoms with Crippen molar-refractivity contribution in [1.29, 1.82) is 0 Å². The molecule has 4 rings (SSSR count). The van der Waals surface area contributed by atoms with Crippen LogP contribution in [0.4, 0.5) is 5.82 Å². The number of benzene rings is 2. The predicted molar refractivity (Wildman–Crippen MR) is 140 cm³/mol. The topological polar surface area (TPSA) is 101 Å². The number of aryl methyl sites for hydroxylation is 1. The molecule has 3 N–H and O–H groups in total. The molecular formula is C27H27Cl2N3O4. The lowest BCUT2D eigenvalue weighted by molar-refractivity contribution is -0.139. The Labute approximate surface area is 219 Å². The molecule has 2 atom stereocenters. The summed E-state index contributed by atoms with van der Waals surface area (Å²) in [7, 11) is 0. The number of rotatable bonds is 9. The molecule has 2 heterocycles. The molecule has 0 saturated heterocycles.